The van der Waals surface area contributed by atoms with Crippen LogP contribution in [0.1, 0.15) is 11.1 Å². The van der Waals surface area contributed by atoms with Crippen LogP contribution >= 0.6 is 0 Å². The molecule has 0 atom stereocenters. The summed E-state index contributed by atoms with van der Waals surface area (Å²) >= 11 is 0. The van der Waals surface area contributed by atoms with E-state index in [9.17, 15) is 5.11 Å². The zero-order valence-corrected chi connectivity index (χ0v) is 7.57. The van der Waals surface area contributed by atoms with E-state index in [0.717, 1.165) is 11.1 Å². The van der Waals surface area contributed by atoms with Crippen molar-refractivity contribution in [2.24, 2.45) is 0 Å². The zero-order valence-electron chi connectivity index (χ0n) is 7.57. The molecule has 0 saturated heterocycles. The molecule has 0 unspecified atom stereocenters. The molecule has 1 heteroatoms. The van der Waals surface area contributed by atoms with Gasteiger partial charge >= 0.3 is 0 Å². The minimum absolute atomic E-state index is 0.360. The standard InChI is InChI=1S/C13H9O/c14-13-7-3-6-11-10-5-2-1-4-9(10)8-12(11)13/h1-8,14H. The van der Waals surface area contributed by atoms with Gasteiger partial charge in [0.05, 0.1) is 0 Å². The van der Waals surface area contributed by atoms with Crippen LogP contribution in [0.25, 0.3) is 11.1 Å². The van der Waals surface area contributed by atoms with Crippen molar-refractivity contribution in [2.75, 3.05) is 0 Å². The summed E-state index contributed by atoms with van der Waals surface area (Å²) in [6.45, 7) is 0. The molecule has 0 heterocycles. The fourth-order valence-electron chi connectivity index (χ4n) is 1.96. The van der Waals surface area contributed by atoms with Crippen LogP contribution in [0.5, 0.6) is 5.75 Å². The lowest BCUT2D eigenvalue weighted by Gasteiger charge is -2.00. The Morgan fingerprint density at radius 3 is 2.50 bits per heavy atom. The fraction of sp³-hybridized carbons (Fsp3) is 0. The highest BCUT2D eigenvalue weighted by molar-refractivity contribution is 5.83. The van der Waals surface area contributed by atoms with Crippen molar-refractivity contribution in [3.8, 4) is 16.9 Å². The van der Waals surface area contributed by atoms with Crippen molar-refractivity contribution in [1.29, 1.82) is 0 Å². The first-order valence-electron chi connectivity index (χ1n) is 4.62. The summed E-state index contributed by atoms with van der Waals surface area (Å²) < 4.78 is 0. The largest absolute Gasteiger partial charge is 0.508 e. The summed E-state index contributed by atoms with van der Waals surface area (Å²) in [5.74, 6) is 0.360. The fourth-order valence-corrected chi connectivity index (χ4v) is 1.96. The highest BCUT2D eigenvalue weighted by Gasteiger charge is 2.20. The molecule has 1 aliphatic rings. The lowest BCUT2D eigenvalue weighted by Crippen LogP contribution is -1.77. The first kappa shape index (κ1) is 7.63. The second-order valence-electron chi connectivity index (χ2n) is 3.47. The Morgan fingerprint density at radius 2 is 1.57 bits per heavy atom. The van der Waals surface area contributed by atoms with Crippen LogP contribution in [-0.2, 0) is 0 Å². The summed E-state index contributed by atoms with van der Waals surface area (Å²) in [6.07, 6.45) is 2.03. The smallest absolute Gasteiger partial charge is 0.120 e. The highest BCUT2D eigenvalue weighted by Crippen LogP contribution is 2.41. The Balaban J connectivity index is 2.33. The molecular weight excluding hydrogens is 172 g/mol. The first-order chi connectivity index (χ1) is 6.86. The molecule has 0 aliphatic heterocycles. The number of fused-ring (bicyclic) bond motifs is 3. The maximum Gasteiger partial charge on any atom is 0.120 e. The molecular formula is C13H9O. The van der Waals surface area contributed by atoms with E-state index in [-0.39, 0.29) is 0 Å². The lowest BCUT2D eigenvalue weighted by molar-refractivity contribution is 0.473. The maximum atomic E-state index is 9.67. The third kappa shape index (κ3) is 0.896. The topological polar surface area (TPSA) is 20.2 Å². The summed E-state index contributed by atoms with van der Waals surface area (Å²) in [6, 6.07) is 13.8. The molecule has 0 saturated carbocycles. The molecule has 1 radical (unpaired) electrons. The van der Waals surface area contributed by atoms with Crippen molar-refractivity contribution in [1.82, 2.24) is 0 Å². The SMILES string of the molecule is Oc1cccc2c1[CH]c1ccccc1-2. The predicted molar refractivity (Wildman–Crippen MR) is 56.0 cm³/mol. The normalized spacial score (nSPS) is 12.3. The first-order valence-corrected chi connectivity index (χ1v) is 4.62. The molecule has 1 aliphatic carbocycles. The molecule has 2 aromatic carbocycles. The van der Waals surface area contributed by atoms with Gasteiger partial charge in [-0.05, 0) is 22.8 Å². The van der Waals surface area contributed by atoms with Crippen molar-refractivity contribution >= 4 is 0 Å². The van der Waals surface area contributed by atoms with Crippen LogP contribution < -0.4 is 0 Å². The number of hydrogen-bond donors (Lipinski definition) is 1. The molecule has 0 amide bonds. The van der Waals surface area contributed by atoms with Crippen LogP contribution in [0, 0.1) is 6.42 Å². The molecule has 0 aromatic heterocycles. The van der Waals surface area contributed by atoms with Crippen molar-refractivity contribution in [3.05, 3.63) is 60.0 Å². The third-order valence-corrected chi connectivity index (χ3v) is 2.63. The minimum Gasteiger partial charge on any atom is -0.508 e. The molecule has 1 N–H and O–H groups in total. The van der Waals surface area contributed by atoms with Gasteiger partial charge in [0.1, 0.15) is 5.75 Å². The Morgan fingerprint density at radius 1 is 0.786 bits per heavy atom. The van der Waals surface area contributed by atoms with Gasteiger partial charge < -0.3 is 5.11 Å². The van der Waals surface area contributed by atoms with Gasteiger partial charge in [-0.15, -0.1) is 0 Å². The summed E-state index contributed by atoms with van der Waals surface area (Å²) in [5, 5.41) is 9.67. The Bertz CT molecular complexity index is 500. The summed E-state index contributed by atoms with van der Waals surface area (Å²) in [7, 11) is 0. The number of rotatable bonds is 0. The van der Waals surface area contributed by atoms with Gasteiger partial charge in [-0.25, -0.2) is 0 Å². The van der Waals surface area contributed by atoms with E-state index < -0.39 is 0 Å². The van der Waals surface area contributed by atoms with E-state index in [1.54, 1.807) is 6.07 Å². The van der Waals surface area contributed by atoms with Crippen molar-refractivity contribution in [2.45, 2.75) is 0 Å². The summed E-state index contributed by atoms with van der Waals surface area (Å²) in [5.41, 5.74) is 4.46. The van der Waals surface area contributed by atoms with Gasteiger partial charge in [0, 0.05) is 12.0 Å². The average Bonchev–Trinajstić information content (AvgIpc) is 2.59. The van der Waals surface area contributed by atoms with Crippen molar-refractivity contribution in [3.63, 3.8) is 0 Å². The molecule has 2 aromatic rings. The number of phenolic OH excluding ortho intramolecular Hbond substituents is 1. The van der Waals surface area contributed by atoms with Crippen LogP contribution in [-0.4, -0.2) is 5.11 Å². The lowest BCUT2D eigenvalue weighted by atomic mass is 10.1. The number of hydrogen-bond acceptors (Lipinski definition) is 1. The van der Waals surface area contributed by atoms with Crippen LogP contribution in [0.3, 0.4) is 0 Å². The van der Waals surface area contributed by atoms with Gasteiger partial charge in [0.15, 0.2) is 0 Å². The van der Waals surface area contributed by atoms with E-state index in [2.05, 4.69) is 12.1 Å². The molecule has 0 fully saturated rings. The average molecular weight is 181 g/mol. The molecule has 0 spiro atoms. The maximum absolute atomic E-state index is 9.67. The number of phenols is 1. The van der Waals surface area contributed by atoms with Gasteiger partial charge in [-0.2, -0.15) is 0 Å². The second kappa shape index (κ2) is 2.61. The Labute approximate surface area is 82.6 Å². The van der Waals surface area contributed by atoms with E-state index in [1.165, 1.54) is 11.1 Å². The van der Waals surface area contributed by atoms with E-state index in [4.69, 9.17) is 0 Å². The predicted octanol–water partition coefficient (Wildman–Crippen LogP) is 2.97. The van der Waals surface area contributed by atoms with Crippen LogP contribution in [0.4, 0.5) is 0 Å². The van der Waals surface area contributed by atoms with Crippen LogP contribution in [0.15, 0.2) is 42.5 Å². The number of aromatic hydroxyl groups is 1. The van der Waals surface area contributed by atoms with Gasteiger partial charge in [-0.1, -0.05) is 36.4 Å². The highest BCUT2D eigenvalue weighted by atomic mass is 16.3. The zero-order chi connectivity index (χ0) is 9.54. The monoisotopic (exact) mass is 181 g/mol. The van der Waals surface area contributed by atoms with Crippen molar-refractivity contribution < 1.29 is 5.11 Å². The van der Waals surface area contributed by atoms with Gasteiger partial charge in [0.2, 0.25) is 0 Å². The summed E-state index contributed by atoms with van der Waals surface area (Å²) in [4.78, 5) is 0. The van der Waals surface area contributed by atoms with Gasteiger partial charge in [-0.3, -0.25) is 0 Å². The Hall–Kier alpha value is -1.76. The minimum atomic E-state index is 0.360. The second-order valence-corrected chi connectivity index (χ2v) is 3.47. The van der Waals surface area contributed by atoms with Gasteiger partial charge in [0.25, 0.3) is 0 Å². The molecule has 14 heavy (non-hydrogen) atoms. The van der Waals surface area contributed by atoms with Crippen LogP contribution in [0.2, 0.25) is 0 Å². The quantitative estimate of drug-likeness (QED) is 0.565. The third-order valence-electron chi connectivity index (χ3n) is 2.63. The number of benzene rings is 2. The molecule has 3 rings (SSSR count). The van der Waals surface area contributed by atoms with E-state index in [1.807, 2.05) is 30.7 Å². The van der Waals surface area contributed by atoms with E-state index in [0.29, 0.717) is 5.75 Å². The molecule has 0 bridgehead atoms. The molecule has 67 valence electrons. The Kier molecular flexibility index (Phi) is 1.42. The van der Waals surface area contributed by atoms with E-state index >= 15 is 0 Å². The molecule has 1 nitrogen and oxygen atoms in total.